The number of likely N-dealkylation sites (N-methyl/N-ethyl adjacent to an activating group) is 1. The number of amides is 2. The van der Waals surface area contributed by atoms with Crippen LogP contribution in [0, 0.1) is 11.8 Å². The summed E-state index contributed by atoms with van der Waals surface area (Å²) in [5.74, 6) is -11.4. The minimum atomic E-state index is -3.03. The van der Waals surface area contributed by atoms with Crippen LogP contribution in [0.4, 0.5) is 5.69 Å². The summed E-state index contributed by atoms with van der Waals surface area (Å²) in [6.07, 6.45) is -2.24. The minimum absolute atomic E-state index is 0.161. The van der Waals surface area contributed by atoms with Crippen LogP contribution in [0.25, 0.3) is 5.76 Å². The van der Waals surface area contributed by atoms with Gasteiger partial charge in [0.05, 0.1) is 35.7 Å². The molecule has 1 aromatic carbocycles. The van der Waals surface area contributed by atoms with Gasteiger partial charge in [-0.15, -0.1) is 0 Å². The molecule has 0 aliphatic heterocycles. The Morgan fingerprint density at radius 3 is 2.25 bits per heavy atom. The molecule has 8 N–H and O–H groups in total. The quantitative estimate of drug-likeness (QED) is 0.132. The average molecular weight is 616 g/mol. The normalized spacial score (nSPS) is 28.3. The summed E-state index contributed by atoms with van der Waals surface area (Å²) in [4.78, 5) is 65.3. The number of benzene rings is 1. The zero-order valence-electron chi connectivity index (χ0n) is 25.2. The van der Waals surface area contributed by atoms with Gasteiger partial charge in [-0.05, 0) is 52.4 Å². The molecule has 2 amide bonds. The molecule has 238 valence electrons. The number of fused-ring (bicyclic) bond motifs is 3. The number of ether oxygens (including phenoxy) is 1. The fraction of sp³-hybridized carbons (Fsp3) is 0.500. The van der Waals surface area contributed by atoms with Crippen LogP contribution >= 0.6 is 0 Å². The van der Waals surface area contributed by atoms with E-state index >= 15 is 0 Å². The smallest absolute Gasteiger partial charge is 0.306 e. The topological polar surface area (TPSA) is 237 Å². The highest BCUT2D eigenvalue weighted by atomic mass is 16.6. The third-order valence-electron chi connectivity index (χ3n) is 8.38. The second-order valence-electron chi connectivity index (χ2n) is 12.6. The van der Waals surface area contributed by atoms with E-state index in [-0.39, 0.29) is 29.7 Å². The highest BCUT2D eigenvalue weighted by molar-refractivity contribution is 6.24. The molecule has 14 nitrogen and oxygen atoms in total. The Hall–Kier alpha value is -4.27. The number of nitrogens with zero attached hydrogens (tertiary/aromatic N) is 1. The van der Waals surface area contributed by atoms with E-state index in [1.165, 1.54) is 31.1 Å². The number of ketones is 2. The molecule has 0 spiro atoms. The Kier molecular flexibility index (Phi) is 8.18. The number of rotatable bonds is 6. The largest absolute Gasteiger partial charge is 0.508 e. The van der Waals surface area contributed by atoms with E-state index in [0.717, 1.165) is 0 Å². The van der Waals surface area contributed by atoms with E-state index in [0.29, 0.717) is 0 Å². The summed E-state index contributed by atoms with van der Waals surface area (Å²) < 4.78 is 5.18. The van der Waals surface area contributed by atoms with Crippen molar-refractivity contribution >= 4 is 40.8 Å². The van der Waals surface area contributed by atoms with Crippen LogP contribution < -0.4 is 11.1 Å². The van der Waals surface area contributed by atoms with Crippen molar-refractivity contribution in [2.24, 2.45) is 17.6 Å². The van der Waals surface area contributed by atoms with E-state index in [4.69, 9.17) is 10.5 Å². The predicted molar refractivity (Wildman–Crippen MR) is 154 cm³/mol. The van der Waals surface area contributed by atoms with E-state index in [1.807, 2.05) is 0 Å². The molecule has 1 saturated carbocycles. The van der Waals surface area contributed by atoms with Gasteiger partial charge in [-0.1, -0.05) is 13.0 Å². The summed E-state index contributed by atoms with van der Waals surface area (Å²) in [6.45, 7) is 6.63. The number of primary amides is 1. The molecule has 44 heavy (non-hydrogen) atoms. The average Bonchev–Trinajstić information content (AvgIpc) is 2.89. The number of phenols is 1. The van der Waals surface area contributed by atoms with Crippen LogP contribution in [-0.4, -0.2) is 97.2 Å². The Morgan fingerprint density at radius 2 is 1.70 bits per heavy atom. The van der Waals surface area contributed by atoms with Crippen molar-refractivity contribution in [3.05, 3.63) is 40.2 Å². The van der Waals surface area contributed by atoms with Crippen molar-refractivity contribution in [1.82, 2.24) is 4.90 Å². The molecule has 14 heteroatoms. The first-order valence-electron chi connectivity index (χ1n) is 14.0. The van der Waals surface area contributed by atoms with Crippen molar-refractivity contribution in [3.8, 4) is 5.75 Å². The van der Waals surface area contributed by atoms with E-state index < -0.39 is 98.9 Å². The lowest BCUT2D eigenvalue weighted by molar-refractivity contribution is -0.169. The number of nitrogens with two attached hydrogens (primary N) is 1. The number of Topliss-reactive ketones (excluding diaryl/α,β-unsaturated/α-hetero) is 2. The number of aromatic hydroxyl groups is 1. The van der Waals surface area contributed by atoms with Crippen molar-refractivity contribution in [2.45, 2.75) is 69.8 Å². The van der Waals surface area contributed by atoms with Crippen molar-refractivity contribution in [1.29, 1.82) is 0 Å². The molecule has 1 fully saturated rings. The molecule has 0 unspecified atom stereocenters. The van der Waals surface area contributed by atoms with Gasteiger partial charge in [0.1, 0.15) is 28.4 Å². The molecule has 0 saturated heterocycles. The lowest BCUT2D eigenvalue weighted by Crippen LogP contribution is -2.70. The van der Waals surface area contributed by atoms with Crippen LogP contribution in [-0.2, 0) is 28.7 Å². The second-order valence-corrected chi connectivity index (χ2v) is 12.6. The first-order valence-corrected chi connectivity index (χ1v) is 14.0. The maximum atomic E-state index is 14.1. The second kappa shape index (κ2) is 11.0. The van der Waals surface area contributed by atoms with Gasteiger partial charge >= 0.3 is 5.97 Å². The summed E-state index contributed by atoms with van der Waals surface area (Å²) in [5, 5.41) is 59.4. The number of carbonyl (C=O) groups excluding carboxylic acids is 5. The molecule has 0 heterocycles. The van der Waals surface area contributed by atoms with Gasteiger partial charge in [0.25, 0.3) is 5.91 Å². The lowest BCUT2D eigenvalue weighted by Gasteiger charge is -2.53. The molecule has 0 radical (unpaired) electrons. The molecule has 0 aromatic heterocycles. The van der Waals surface area contributed by atoms with E-state index in [2.05, 4.69) is 5.32 Å². The van der Waals surface area contributed by atoms with Crippen LogP contribution in [0.1, 0.15) is 57.6 Å². The fourth-order valence-corrected chi connectivity index (χ4v) is 6.54. The number of aliphatic hydroxyl groups excluding tert-OH is 3. The summed E-state index contributed by atoms with van der Waals surface area (Å²) in [6, 6.07) is 1.36. The number of carbonyl (C=O) groups is 5. The molecule has 3 aliphatic rings. The molecule has 1 aromatic rings. The number of esters is 1. The summed E-state index contributed by atoms with van der Waals surface area (Å²) >= 11 is 0. The Morgan fingerprint density at radius 1 is 1.09 bits per heavy atom. The number of anilines is 1. The molecular weight excluding hydrogens is 578 g/mol. The zero-order valence-corrected chi connectivity index (χ0v) is 25.2. The van der Waals surface area contributed by atoms with Gasteiger partial charge in [0.2, 0.25) is 11.7 Å². The Labute approximate surface area is 252 Å². The summed E-state index contributed by atoms with van der Waals surface area (Å²) in [5.41, 5.74) is -0.174. The number of phenolic OH excluding ortho intramolecular Hbond substituents is 1. The van der Waals surface area contributed by atoms with Crippen molar-refractivity contribution in [3.63, 3.8) is 0 Å². The Bertz CT molecular complexity index is 1540. The monoisotopic (exact) mass is 615 g/mol. The fourth-order valence-electron chi connectivity index (χ4n) is 6.54. The van der Waals surface area contributed by atoms with Crippen LogP contribution in [0.2, 0.25) is 0 Å². The van der Waals surface area contributed by atoms with Gasteiger partial charge in [0, 0.05) is 17.9 Å². The summed E-state index contributed by atoms with van der Waals surface area (Å²) in [7, 11) is 2.84. The molecular formula is C30H37N3O11. The number of hydrogen-bond acceptors (Lipinski definition) is 12. The predicted octanol–water partition coefficient (Wildman–Crippen LogP) is 0.556. The molecule has 0 bridgehead atoms. The van der Waals surface area contributed by atoms with E-state index in [1.54, 1.807) is 27.7 Å². The first kappa shape index (κ1) is 32.6. The highest BCUT2D eigenvalue weighted by Gasteiger charge is 2.68. The lowest BCUT2D eigenvalue weighted by atomic mass is 9.54. The SMILES string of the molecule is C[C@H]1c2ccc(NC(=O)CCC(=O)OC(C)(C)C)c(O)c2C(O)=C2C(=O)[C@]3(O)C(O)=C(C(N)=O)C(=O)[C@@H](N(C)C)[C@@H]3[C@@H](O)[C@@H]21. The van der Waals surface area contributed by atoms with Crippen molar-refractivity contribution in [2.75, 3.05) is 19.4 Å². The first-order chi connectivity index (χ1) is 20.2. The minimum Gasteiger partial charge on any atom is -0.508 e. The zero-order chi connectivity index (χ0) is 33.2. The third-order valence-corrected chi connectivity index (χ3v) is 8.38. The van der Waals surface area contributed by atoms with Crippen molar-refractivity contribution < 1.29 is 54.2 Å². The molecule has 4 rings (SSSR count). The molecule has 3 aliphatic carbocycles. The van der Waals surface area contributed by atoms with Gasteiger partial charge in [-0.25, -0.2) is 0 Å². The van der Waals surface area contributed by atoms with Gasteiger partial charge in [-0.2, -0.15) is 0 Å². The number of hydrogen-bond donors (Lipinski definition) is 7. The number of aliphatic hydroxyl groups is 4. The standard InChI is InChI=1S/C30H37N3O11/c1-11-12-7-8-13(32-14(34)9-10-15(35)44-29(2,3)4)22(36)17(12)23(37)18-16(11)24(38)20-21(33(5)6)25(39)19(28(31)42)27(41)30(20,43)26(18)40/h7-8,11,16,20-21,24,36-38,41,43H,9-10H2,1-6H3,(H2,31,42)(H,32,34)/t11-,16+,20+,21-,24-,30-/m0/s1. The Balaban J connectivity index is 1.78. The van der Waals surface area contributed by atoms with Gasteiger partial charge in [0.15, 0.2) is 11.4 Å². The van der Waals surface area contributed by atoms with Gasteiger partial charge in [-0.3, -0.25) is 28.9 Å². The highest BCUT2D eigenvalue weighted by Crippen LogP contribution is 2.56. The maximum Gasteiger partial charge on any atom is 0.306 e. The van der Waals surface area contributed by atoms with Crippen LogP contribution in [0.3, 0.4) is 0 Å². The number of nitrogens with one attached hydrogen (secondary N) is 1. The van der Waals surface area contributed by atoms with E-state index in [9.17, 15) is 49.5 Å². The van der Waals surface area contributed by atoms with Gasteiger partial charge < -0.3 is 41.3 Å². The maximum absolute atomic E-state index is 14.1. The molecule has 6 atom stereocenters. The third kappa shape index (κ3) is 5.02. The van der Waals surface area contributed by atoms with Crippen LogP contribution in [0.15, 0.2) is 29.0 Å². The van der Waals surface area contributed by atoms with Crippen LogP contribution in [0.5, 0.6) is 5.75 Å².